The molecule has 3 aromatic rings. The molecule has 0 bridgehead atoms. The number of halogens is 1. The van der Waals surface area contributed by atoms with Crippen molar-refractivity contribution in [2.45, 2.75) is 43.9 Å². The largest absolute Gasteiger partial charge is 0.393 e. The fourth-order valence-corrected chi connectivity index (χ4v) is 4.83. The molecule has 2 unspecified atom stereocenters. The van der Waals surface area contributed by atoms with Crippen molar-refractivity contribution in [3.8, 4) is 0 Å². The Morgan fingerprint density at radius 2 is 1.68 bits per heavy atom. The van der Waals surface area contributed by atoms with Crippen LogP contribution in [0.4, 0.5) is 4.39 Å². The van der Waals surface area contributed by atoms with E-state index in [9.17, 15) is 23.9 Å². The molecule has 194 valence electrons. The van der Waals surface area contributed by atoms with Crippen LogP contribution in [0.25, 0.3) is 10.8 Å². The molecule has 7 nitrogen and oxygen atoms in total. The first-order valence-corrected chi connectivity index (χ1v) is 12.5. The summed E-state index contributed by atoms with van der Waals surface area (Å²) in [7, 11) is 1.56. The highest BCUT2D eigenvalue weighted by atomic mass is 19.1. The molecular weight excluding hydrogens is 473 g/mol. The van der Waals surface area contributed by atoms with E-state index in [0.29, 0.717) is 37.9 Å². The average Bonchev–Trinajstić information content (AvgIpc) is 2.91. The van der Waals surface area contributed by atoms with E-state index < -0.39 is 24.1 Å². The highest BCUT2D eigenvalue weighted by Crippen LogP contribution is 2.20. The molecule has 0 aliphatic carbocycles. The summed E-state index contributed by atoms with van der Waals surface area (Å²) in [6, 6.07) is 17.9. The number of rotatable bonds is 9. The first-order valence-electron chi connectivity index (χ1n) is 12.5. The molecule has 1 aliphatic rings. The van der Waals surface area contributed by atoms with Crippen LogP contribution in [0.1, 0.15) is 24.0 Å². The summed E-state index contributed by atoms with van der Waals surface area (Å²) < 4.78 is 13.5. The van der Waals surface area contributed by atoms with E-state index in [-0.39, 0.29) is 24.6 Å². The number of aliphatic hydroxyl groups excluding tert-OH is 1. The fraction of sp³-hybridized carbons (Fsp3) is 0.345. The fourth-order valence-electron chi connectivity index (χ4n) is 4.83. The molecule has 1 heterocycles. The summed E-state index contributed by atoms with van der Waals surface area (Å²) in [4.78, 5) is 41.7. The number of nitrogens with one attached hydrogen (secondary N) is 1. The number of hydrogen-bond donors (Lipinski definition) is 2. The van der Waals surface area contributed by atoms with Crippen LogP contribution in [0.2, 0.25) is 0 Å². The van der Waals surface area contributed by atoms with Crippen LogP contribution < -0.4 is 5.32 Å². The van der Waals surface area contributed by atoms with Gasteiger partial charge in [0.05, 0.1) is 6.10 Å². The summed E-state index contributed by atoms with van der Waals surface area (Å²) in [6.07, 6.45) is 1.47. The van der Waals surface area contributed by atoms with E-state index >= 15 is 0 Å². The summed E-state index contributed by atoms with van der Waals surface area (Å²) >= 11 is 0. The van der Waals surface area contributed by atoms with Crippen LogP contribution >= 0.6 is 0 Å². The standard InChI is InChI=1S/C29H32FN3O4/c1-32(28(36)26(31-19-34)17-21-6-9-22-4-2-3-5-23(22)16-21)27(18-20-7-10-24(30)11-8-20)29(37)33-14-12-25(35)13-15-33/h2-11,16,19,25-27,35H,12-15,17-18H2,1H3,(H,31,34). The van der Waals surface area contributed by atoms with Gasteiger partial charge in [-0.2, -0.15) is 0 Å². The summed E-state index contributed by atoms with van der Waals surface area (Å²) in [6.45, 7) is 0.796. The Labute approximate surface area is 215 Å². The van der Waals surface area contributed by atoms with E-state index in [0.717, 1.165) is 16.3 Å². The van der Waals surface area contributed by atoms with Crippen LogP contribution in [0, 0.1) is 5.82 Å². The van der Waals surface area contributed by atoms with Crippen LogP contribution in [-0.2, 0) is 27.2 Å². The predicted molar refractivity (Wildman–Crippen MR) is 139 cm³/mol. The third-order valence-corrected chi connectivity index (χ3v) is 7.04. The van der Waals surface area contributed by atoms with Gasteiger partial charge in [-0.05, 0) is 46.9 Å². The van der Waals surface area contributed by atoms with Gasteiger partial charge in [-0.15, -0.1) is 0 Å². The predicted octanol–water partition coefficient (Wildman–Crippen LogP) is 2.69. The minimum absolute atomic E-state index is 0.199. The number of aliphatic hydroxyl groups is 1. The first kappa shape index (κ1) is 26.3. The van der Waals surface area contributed by atoms with Gasteiger partial charge in [-0.3, -0.25) is 14.4 Å². The van der Waals surface area contributed by atoms with Crippen molar-refractivity contribution in [3.05, 3.63) is 83.7 Å². The Balaban J connectivity index is 1.57. The molecule has 37 heavy (non-hydrogen) atoms. The maximum absolute atomic E-state index is 13.7. The lowest BCUT2D eigenvalue weighted by Gasteiger charge is -2.36. The Morgan fingerprint density at radius 3 is 2.35 bits per heavy atom. The zero-order valence-electron chi connectivity index (χ0n) is 20.8. The van der Waals surface area contributed by atoms with Crippen molar-refractivity contribution >= 4 is 29.0 Å². The number of amides is 3. The van der Waals surface area contributed by atoms with Gasteiger partial charge < -0.3 is 20.2 Å². The SMILES string of the molecule is CN(C(=O)C(Cc1ccc2ccccc2c1)NC=O)C(Cc1ccc(F)cc1)C(=O)N1CCC(O)CC1. The smallest absolute Gasteiger partial charge is 0.245 e. The minimum atomic E-state index is -0.865. The maximum atomic E-state index is 13.7. The number of nitrogens with zero attached hydrogens (tertiary/aromatic N) is 2. The number of benzene rings is 3. The lowest BCUT2D eigenvalue weighted by atomic mass is 9.98. The zero-order chi connectivity index (χ0) is 26.4. The van der Waals surface area contributed by atoms with Gasteiger partial charge in [0.25, 0.3) is 0 Å². The monoisotopic (exact) mass is 505 g/mol. The Kier molecular flexibility index (Phi) is 8.50. The average molecular weight is 506 g/mol. The van der Waals surface area contributed by atoms with Gasteiger partial charge in [0.2, 0.25) is 18.2 Å². The highest BCUT2D eigenvalue weighted by Gasteiger charge is 2.35. The molecular formula is C29H32FN3O4. The van der Waals surface area contributed by atoms with E-state index in [2.05, 4.69) is 5.32 Å². The Hall–Kier alpha value is -3.78. The number of fused-ring (bicyclic) bond motifs is 1. The molecule has 2 atom stereocenters. The number of likely N-dealkylation sites (tertiary alicyclic amines) is 1. The second kappa shape index (κ2) is 12.0. The molecule has 1 aliphatic heterocycles. The van der Waals surface area contributed by atoms with E-state index in [1.165, 1.54) is 17.0 Å². The number of carbonyl (C=O) groups is 3. The molecule has 0 radical (unpaired) electrons. The molecule has 1 saturated heterocycles. The van der Waals surface area contributed by atoms with Crippen molar-refractivity contribution in [2.75, 3.05) is 20.1 Å². The normalized spacial score (nSPS) is 15.7. The highest BCUT2D eigenvalue weighted by molar-refractivity contribution is 5.91. The molecule has 2 N–H and O–H groups in total. The van der Waals surface area contributed by atoms with Gasteiger partial charge >= 0.3 is 0 Å². The first-order chi connectivity index (χ1) is 17.9. The van der Waals surface area contributed by atoms with Gasteiger partial charge in [0.15, 0.2) is 0 Å². The summed E-state index contributed by atoms with van der Waals surface area (Å²) in [5.74, 6) is -1.01. The van der Waals surface area contributed by atoms with Crippen LogP contribution in [0.5, 0.6) is 0 Å². The molecule has 3 amide bonds. The molecule has 0 saturated carbocycles. The molecule has 8 heteroatoms. The van der Waals surface area contributed by atoms with Gasteiger partial charge in [-0.25, -0.2) is 4.39 Å². The van der Waals surface area contributed by atoms with Crippen LogP contribution in [0.15, 0.2) is 66.7 Å². The van der Waals surface area contributed by atoms with Crippen molar-refractivity contribution < 1.29 is 23.9 Å². The molecule has 0 spiro atoms. The second-order valence-electron chi connectivity index (χ2n) is 9.57. The number of piperidine rings is 1. The number of hydrogen-bond acceptors (Lipinski definition) is 4. The summed E-state index contributed by atoms with van der Waals surface area (Å²) in [5.41, 5.74) is 1.59. The lowest BCUT2D eigenvalue weighted by molar-refractivity contribution is -0.147. The van der Waals surface area contributed by atoms with Crippen molar-refractivity contribution in [3.63, 3.8) is 0 Å². The van der Waals surface area contributed by atoms with Crippen molar-refractivity contribution in [2.24, 2.45) is 0 Å². The molecule has 1 fully saturated rings. The third kappa shape index (κ3) is 6.51. The molecule has 4 rings (SSSR count). The molecule has 0 aromatic heterocycles. The van der Waals surface area contributed by atoms with Crippen molar-refractivity contribution in [1.82, 2.24) is 15.1 Å². The Morgan fingerprint density at radius 1 is 1.03 bits per heavy atom. The lowest BCUT2D eigenvalue weighted by Crippen LogP contribution is -2.56. The van der Waals surface area contributed by atoms with Gasteiger partial charge in [-0.1, -0.05) is 54.6 Å². The minimum Gasteiger partial charge on any atom is -0.393 e. The van der Waals surface area contributed by atoms with Gasteiger partial charge in [0, 0.05) is 33.0 Å². The van der Waals surface area contributed by atoms with Crippen LogP contribution in [-0.4, -0.2) is 71.5 Å². The van der Waals surface area contributed by atoms with Gasteiger partial charge in [0.1, 0.15) is 17.9 Å². The van der Waals surface area contributed by atoms with E-state index in [1.807, 2.05) is 42.5 Å². The molecule has 3 aromatic carbocycles. The number of carbonyl (C=O) groups excluding carboxylic acids is 3. The second-order valence-corrected chi connectivity index (χ2v) is 9.57. The maximum Gasteiger partial charge on any atom is 0.245 e. The Bertz CT molecular complexity index is 1240. The van der Waals surface area contributed by atoms with Crippen molar-refractivity contribution in [1.29, 1.82) is 0 Å². The number of likely N-dealkylation sites (N-methyl/N-ethyl adjacent to an activating group) is 1. The topological polar surface area (TPSA) is 90.0 Å². The zero-order valence-corrected chi connectivity index (χ0v) is 20.8. The quantitative estimate of drug-likeness (QED) is 0.438. The van der Waals surface area contributed by atoms with Crippen LogP contribution in [0.3, 0.4) is 0 Å². The van der Waals surface area contributed by atoms with E-state index in [1.54, 1.807) is 24.1 Å². The van der Waals surface area contributed by atoms with E-state index in [4.69, 9.17) is 0 Å². The summed E-state index contributed by atoms with van der Waals surface area (Å²) in [5, 5.41) is 14.6. The third-order valence-electron chi connectivity index (χ3n) is 7.04.